The largest absolute Gasteiger partial charge is 0.491 e. The van der Waals surface area contributed by atoms with Crippen molar-refractivity contribution in [1.29, 1.82) is 0 Å². The molecule has 0 fully saturated rings. The van der Waals surface area contributed by atoms with Crippen LogP contribution in [0.15, 0.2) is 59.9 Å². The average molecular weight is 301 g/mol. The zero-order valence-corrected chi connectivity index (χ0v) is 12.1. The van der Waals surface area contributed by atoms with Gasteiger partial charge in [0.1, 0.15) is 12.4 Å². The molecule has 0 amide bonds. The molecule has 2 aromatic heterocycles. The van der Waals surface area contributed by atoms with E-state index in [2.05, 4.69) is 10.2 Å². The minimum Gasteiger partial charge on any atom is -0.491 e. The molecular weight excluding hydrogens is 286 g/mol. The number of thioether (sulfide) groups is 1. The first-order valence-corrected chi connectivity index (χ1v) is 7.60. The van der Waals surface area contributed by atoms with E-state index in [1.165, 1.54) is 11.8 Å². The van der Waals surface area contributed by atoms with Gasteiger partial charge in [-0.1, -0.05) is 36.0 Å². The third kappa shape index (κ3) is 3.53. The van der Waals surface area contributed by atoms with Gasteiger partial charge in [-0.15, -0.1) is 10.2 Å². The van der Waals surface area contributed by atoms with Crippen molar-refractivity contribution in [2.75, 3.05) is 12.4 Å². The van der Waals surface area contributed by atoms with Gasteiger partial charge in [0.05, 0.1) is 6.10 Å². The number of hydrogen-bond donors (Lipinski definition) is 1. The predicted molar refractivity (Wildman–Crippen MR) is 81.7 cm³/mol. The second-order valence-electron chi connectivity index (χ2n) is 4.50. The summed E-state index contributed by atoms with van der Waals surface area (Å²) in [6.45, 7) is 0.258. The normalized spacial score (nSPS) is 12.4. The summed E-state index contributed by atoms with van der Waals surface area (Å²) < 4.78 is 7.42. The fourth-order valence-corrected chi connectivity index (χ4v) is 2.68. The van der Waals surface area contributed by atoms with E-state index in [4.69, 9.17) is 4.74 Å². The minimum atomic E-state index is -0.564. The number of hydrogen-bond acceptors (Lipinski definition) is 5. The van der Waals surface area contributed by atoms with E-state index in [1.54, 1.807) is 0 Å². The van der Waals surface area contributed by atoms with Gasteiger partial charge in [-0.05, 0) is 24.3 Å². The number of fused-ring (bicyclic) bond motifs is 1. The minimum absolute atomic E-state index is 0.258. The summed E-state index contributed by atoms with van der Waals surface area (Å²) in [6, 6.07) is 15.2. The second kappa shape index (κ2) is 6.60. The van der Waals surface area contributed by atoms with Gasteiger partial charge < -0.3 is 9.84 Å². The van der Waals surface area contributed by atoms with E-state index < -0.39 is 6.10 Å². The molecule has 3 rings (SSSR count). The summed E-state index contributed by atoms with van der Waals surface area (Å²) in [5.74, 6) is 1.26. The second-order valence-corrected chi connectivity index (χ2v) is 5.49. The Kier molecular flexibility index (Phi) is 4.37. The van der Waals surface area contributed by atoms with Crippen LogP contribution in [0.3, 0.4) is 0 Å². The highest BCUT2D eigenvalue weighted by atomic mass is 32.2. The van der Waals surface area contributed by atoms with Crippen LogP contribution in [-0.2, 0) is 0 Å². The molecule has 5 nitrogen and oxygen atoms in total. The molecule has 1 aromatic carbocycles. The van der Waals surface area contributed by atoms with E-state index in [0.29, 0.717) is 5.75 Å². The highest BCUT2D eigenvalue weighted by molar-refractivity contribution is 7.99. The molecule has 108 valence electrons. The molecule has 0 radical (unpaired) electrons. The molecule has 0 spiro atoms. The lowest BCUT2D eigenvalue weighted by Crippen LogP contribution is -2.20. The number of aliphatic hydroxyl groups excluding tert-OH is 1. The van der Waals surface area contributed by atoms with Crippen molar-refractivity contribution in [3.05, 3.63) is 54.7 Å². The molecule has 0 bridgehead atoms. The van der Waals surface area contributed by atoms with Crippen LogP contribution < -0.4 is 4.74 Å². The van der Waals surface area contributed by atoms with Crippen molar-refractivity contribution in [2.45, 2.75) is 11.3 Å². The third-order valence-electron chi connectivity index (χ3n) is 2.87. The number of rotatable bonds is 6. The SMILES string of the molecule is OC(COc1ccccc1)CSc1nnc2ccccn12. The average Bonchev–Trinajstić information content (AvgIpc) is 2.95. The summed E-state index contributed by atoms with van der Waals surface area (Å²) in [7, 11) is 0. The number of benzene rings is 1. The lowest BCUT2D eigenvalue weighted by molar-refractivity contribution is 0.126. The van der Waals surface area contributed by atoms with Crippen molar-refractivity contribution < 1.29 is 9.84 Å². The van der Waals surface area contributed by atoms with Crippen molar-refractivity contribution in [2.24, 2.45) is 0 Å². The number of ether oxygens (including phenoxy) is 1. The van der Waals surface area contributed by atoms with E-state index in [-0.39, 0.29) is 6.61 Å². The number of nitrogens with zero attached hydrogens (tertiary/aromatic N) is 3. The van der Waals surface area contributed by atoms with Gasteiger partial charge in [0.15, 0.2) is 10.8 Å². The molecule has 0 aliphatic heterocycles. The molecule has 0 saturated carbocycles. The molecule has 0 saturated heterocycles. The number of pyridine rings is 1. The third-order valence-corrected chi connectivity index (χ3v) is 3.96. The Hall–Kier alpha value is -2.05. The van der Waals surface area contributed by atoms with Gasteiger partial charge >= 0.3 is 0 Å². The van der Waals surface area contributed by atoms with Gasteiger partial charge in [-0.25, -0.2) is 0 Å². The maximum atomic E-state index is 9.98. The highest BCUT2D eigenvalue weighted by Gasteiger charge is 2.10. The molecule has 2 heterocycles. The summed E-state index contributed by atoms with van der Waals surface area (Å²) in [5.41, 5.74) is 0.801. The first kappa shape index (κ1) is 13.9. The van der Waals surface area contributed by atoms with Crippen molar-refractivity contribution in [3.8, 4) is 5.75 Å². The Morgan fingerprint density at radius 2 is 1.90 bits per heavy atom. The first-order chi connectivity index (χ1) is 10.3. The highest BCUT2D eigenvalue weighted by Crippen LogP contribution is 2.18. The molecule has 21 heavy (non-hydrogen) atoms. The van der Waals surface area contributed by atoms with Gasteiger partial charge in [0.2, 0.25) is 0 Å². The van der Waals surface area contributed by atoms with Gasteiger partial charge in [-0.2, -0.15) is 0 Å². The molecule has 0 aliphatic rings. The zero-order chi connectivity index (χ0) is 14.5. The molecule has 1 N–H and O–H groups in total. The monoisotopic (exact) mass is 301 g/mol. The standard InChI is InChI=1S/C15H15N3O2S/c19-12(10-20-13-6-2-1-3-7-13)11-21-15-17-16-14-8-4-5-9-18(14)15/h1-9,12,19H,10-11H2. The quantitative estimate of drug-likeness (QED) is 0.708. The van der Waals surface area contributed by atoms with E-state index in [9.17, 15) is 5.11 Å². The summed E-state index contributed by atoms with van der Waals surface area (Å²) in [6.07, 6.45) is 1.34. The molecular formula is C15H15N3O2S. The zero-order valence-electron chi connectivity index (χ0n) is 11.3. The van der Waals surface area contributed by atoms with Crippen LogP contribution in [-0.4, -0.2) is 38.2 Å². The van der Waals surface area contributed by atoms with Crippen molar-refractivity contribution in [3.63, 3.8) is 0 Å². The first-order valence-electron chi connectivity index (χ1n) is 6.61. The Labute approximate surface area is 126 Å². The Bertz CT molecular complexity index is 702. The molecule has 0 aliphatic carbocycles. The van der Waals surface area contributed by atoms with Crippen LogP contribution in [0.2, 0.25) is 0 Å². The van der Waals surface area contributed by atoms with Crippen LogP contribution in [0, 0.1) is 0 Å². The topological polar surface area (TPSA) is 59.7 Å². The molecule has 6 heteroatoms. The molecule has 3 aromatic rings. The predicted octanol–water partition coefficient (Wildman–Crippen LogP) is 2.26. The maximum absolute atomic E-state index is 9.98. The number of aliphatic hydroxyl groups is 1. The Balaban J connectivity index is 1.53. The Morgan fingerprint density at radius 1 is 1.10 bits per heavy atom. The van der Waals surface area contributed by atoms with E-state index in [1.807, 2.05) is 59.1 Å². The van der Waals surface area contributed by atoms with Crippen LogP contribution in [0.5, 0.6) is 5.75 Å². The van der Waals surface area contributed by atoms with Gasteiger partial charge in [0.25, 0.3) is 0 Å². The van der Waals surface area contributed by atoms with Crippen molar-refractivity contribution >= 4 is 17.4 Å². The maximum Gasteiger partial charge on any atom is 0.195 e. The van der Waals surface area contributed by atoms with Crippen LogP contribution in [0.4, 0.5) is 0 Å². The fraction of sp³-hybridized carbons (Fsp3) is 0.200. The number of aromatic nitrogens is 3. The number of para-hydroxylation sites is 1. The fourth-order valence-electron chi connectivity index (χ4n) is 1.85. The summed E-state index contributed by atoms with van der Waals surface area (Å²) in [4.78, 5) is 0. The summed E-state index contributed by atoms with van der Waals surface area (Å²) >= 11 is 1.46. The lowest BCUT2D eigenvalue weighted by Gasteiger charge is -2.11. The van der Waals surface area contributed by atoms with Gasteiger partial charge in [-0.3, -0.25) is 4.40 Å². The van der Waals surface area contributed by atoms with Crippen LogP contribution in [0.25, 0.3) is 5.65 Å². The smallest absolute Gasteiger partial charge is 0.195 e. The van der Waals surface area contributed by atoms with E-state index >= 15 is 0 Å². The van der Waals surface area contributed by atoms with E-state index in [0.717, 1.165) is 16.6 Å². The van der Waals surface area contributed by atoms with Gasteiger partial charge in [0, 0.05) is 11.9 Å². The summed E-state index contributed by atoms with van der Waals surface area (Å²) in [5, 5.41) is 18.9. The molecule has 1 unspecified atom stereocenters. The van der Waals surface area contributed by atoms with Crippen LogP contribution in [0.1, 0.15) is 0 Å². The molecule has 1 atom stereocenters. The lowest BCUT2D eigenvalue weighted by atomic mass is 10.3. The van der Waals surface area contributed by atoms with Crippen molar-refractivity contribution in [1.82, 2.24) is 14.6 Å². The van der Waals surface area contributed by atoms with Crippen LogP contribution >= 0.6 is 11.8 Å². The Morgan fingerprint density at radius 3 is 2.76 bits per heavy atom.